The molecule has 0 spiro atoms. The van der Waals surface area contributed by atoms with E-state index in [0.29, 0.717) is 6.54 Å². The van der Waals surface area contributed by atoms with Gasteiger partial charge in [0.25, 0.3) is 0 Å². The maximum Gasteiger partial charge on any atom is 0.148 e. The fraction of sp³-hybridized carbons (Fsp3) is 0.538. The largest absolute Gasteiger partial charge is 0.311 e. The van der Waals surface area contributed by atoms with E-state index in [1.807, 2.05) is 19.2 Å². The predicted molar refractivity (Wildman–Crippen MR) is 73.2 cm³/mol. The minimum atomic E-state index is -2.90. The summed E-state index contributed by atoms with van der Waals surface area (Å²) in [6.07, 6.45) is 1.29. The van der Waals surface area contributed by atoms with E-state index >= 15 is 0 Å². The summed E-state index contributed by atoms with van der Waals surface area (Å²) in [5.41, 5.74) is 2.62. The van der Waals surface area contributed by atoms with Crippen molar-refractivity contribution in [2.45, 2.75) is 12.6 Å². The highest BCUT2D eigenvalue weighted by Gasteiger charge is 2.23. The van der Waals surface area contributed by atoms with E-state index in [4.69, 9.17) is 0 Å². The minimum absolute atomic E-state index is 0.210. The van der Waals surface area contributed by atoms with Crippen molar-refractivity contribution in [2.24, 2.45) is 0 Å². The highest BCUT2D eigenvalue weighted by molar-refractivity contribution is 7.90. The number of rotatable bonds is 4. The summed E-state index contributed by atoms with van der Waals surface area (Å²) in [5, 5.41) is 3.38. The molecule has 0 bridgehead atoms. The molecule has 0 saturated carbocycles. The molecule has 1 atom stereocenters. The van der Waals surface area contributed by atoms with Gasteiger partial charge in [0, 0.05) is 31.9 Å². The SMILES string of the molecule is CN(CCS(C)(=O)=O)C1CNCc2ccccc21. The van der Waals surface area contributed by atoms with Crippen LogP contribution in [0, 0.1) is 0 Å². The molecule has 0 aliphatic carbocycles. The smallest absolute Gasteiger partial charge is 0.148 e. The number of hydrogen-bond acceptors (Lipinski definition) is 4. The first kappa shape index (κ1) is 13.5. The first-order valence-electron chi connectivity index (χ1n) is 6.14. The standard InChI is InChI=1S/C13H20N2O2S/c1-15(7-8-18(2,16)17)13-10-14-9-11-5-3-4-6-12(11)13/h3-6,13-14H,7-10H2,1-2H3. The second-order valence-electron chi connectivity index (χ2n) is 4.96. The lowest BCUT2D eigenvalue weighted by atomic mass is 9.96. The molecule has 0 amide bonds. The monoisotopic (exact) mass is 268 g/mol. The van der Waals surface area contributed by atoms with Crippen molar-refractivity contribution in [3.05, 3.63) is 35.4 Å². The highest BCUT2D eigenvalue weighted by atomic mass is 32.2. The van der Waals surface area contributed by atoms with E-state index in [0.717, 1.165) is 13.1 Å². The van der Waals surface area contributed by atoms with Crippen LogP contribution in [0.3, 0.4) is 0 Å². The van der Waals surface area contributed by atoms with Crippen molar-refractivity contribution in [3.8, 4) is 0 Å². The molecule has 1 unspecified atom stereocenters. The van der Waals surface area contributed by atoms with E-state index in [1.54, 1.807) is 0 Å². The molecule has 1 aliphatic rings. The van der Waals surface area contributed by atoms with Gasteiger partial charge in [-0.05, 0) is 18.2 Å². The second kappa shape index (κ2) is 5.38. The quantitative estimate of drug-likeness (QED) is 0.878. The summed E-state index contributed by atoms with van der Waals surface area (Å²) >= 11 is 0. The van der Waals surface area contributed by atoms with E-state index in [-0.39, 0.29) is 11.8 Å². The third-order valence-electron chi connectivity index (χ3n) is 3.41. The number of hydrogen-bond donors (Lipinski definition) is 1. The van der Waals surface area contributed by atoms with Crippen molar-refractivity contribution in [1.29, 1.82) is 0 Å². The van der Waals surface area contributed by atoms with E-state index < -0.39 is 9.84 Å². The van der Waals surface area contributed by atoms with Gasteiger partial charge in [-0.15, -0.1) is 0 Å². The van der Waals surface area contributed by atoms with Gasteiger partial charge in [-0.3, -0.25) is 4.90 Å². The van der Waals surface area contributed by atoms with Crippen LogP contribution in [0.2, 0.25) is 0 Å². The fourth-order valence-electron chi connectivity index (χ4n) is 2.33. The Balaban J connectivity index is 2.10. The van der Waals surface area contributed by atoms with Gasteiger partial charge in [0.05, 0.1) is 5.75 Å². The second-order valence-corrected chi connectivity index (χ2v) is 7.22. The minimum Gasteiger partial charge on any atom is -0.311 e. The molecule has 18 heavy (non-hydrogen) atoms. The van der Waals surface area contributed by atoms with Crippen molar-refractivity contribution >= 4 is 9.84 Å². The van der Waals surface area contributed by atoms with Crippen LogP contribution in [-0.2, 0) is 16.4 Å². The Hall–Kier alpha value is -0.910. The molecule has 1 N–H and O–H groups in total. The number of sulfone groups is 1. The Labute approximate surface area is 109 Å². The van der Waals surface area contributed by atoms with Gasteiger partial charge in [0.1, 0.15) is 9.84 Å². The van der Waals surface area contributed by atoms with Gasteiger partial charge in [-0.2, -0.15) is 0 Å². The predicted octanol–water partition coefficient (Wildman–Crippen LogP) is 0.807. The van der Waals surface area contributed by atoms with Gasteiger partial charge >= 0.3 is 0 Å². The number of nitrogens with zero attached hydrogens (tertiary/aromatic N) is 1. The van der Waals surface area contributed by atoms with Crippen molar-refractivity contribution in [3.63, 3.8) is 0 Å². The first-order chi connectivity index (χ1) is 8.47. The zero-order valence-corrected chi connectivity index (χ0v) is 11.7. The molecule has 4 nitrogen and oxygen atoms in total. The average molecular weight is 268 g/mol. The Bertz CT molecular complexity index is 513. The molecule has 0 aromatic heterocycles. The highest BCUT2D eigenvalue weighted by Crippen LogP contribution is 2.25. The summed E-state index contributed by atoms with van der Waals surface area (Å²) in [6.45, 7) is 2.34. The number of fused-ring (bicyclic) bond motifs is 1. The summed E-state index contributed by atoms with van der Waals surface area (Å²) in [4.78, 5) is 2.12. The lowest BCUT2D eigenvalue weighted by Gasteiger charge is -2.33. The normalized spacial score (nSPS) is 19.8. The van der Waals surface area contributed by atoms with Crippen LogP contribution < -0.4 is 5.32 Å². The van der Waals surface area contributed by atoms with Gasteiger partial charge in [-0.1, -0.05) is 24.3 Å². The molecule has 1 heterocycles. The average Bonchev–Trinajstić information content (AvgIpc) is 2.34. The zero-order chi connectivity index (χ0) is 13.2. The first-order valence-corrected chi connectivity index (χ1v) is 8.20. The summed E-state index contributed by atoms with van der Waals surface area (Å²) in [5.74, 6) is 0.210. The van der Waals surface area contributed by atoms with Crippen LogP contribution in [0.4, 0.5) is 0 Å². The Morgan fingerprint density at radius 1 is 1.39 bits per heavy atom. The van der Waals surface area contributed by atoms with Gasteiger partial charge < -0.3 is 5.32 Å². The molecule has 1 aromatic rings. The molecule has 100 valence electrons. The molecule has 1 aromatic carbocycles. The number of likely N-dealkylation sites (N-methyl/N-ethyl adjacent to an activating group) is 1. The van der Waals surface area contributed by atoms with Crippen LogP contribution >= 0.6 is 0 Å². The maximum absolute atomic E-state index is 11.2. The molecular weight excluding hydrogens is 248 g/mol. The lowest BCUT2D eigenvalue weighted by molar-refractivity contribution is 0.240. The Morgan fingerprint density at radius 2 is 2.11 bits per heavy atom. The van der Waals surface area contributed by atoms with E-state index in [9.17, 15) is 8.42 Å². The van der Waals surface area contributed by atoms with E-state index in [1.165, 1.54) is 17.4 Å². The van der Waals surface area contributed by atoms with Crippen LogP contribution in [0.5, 0.6) is 0 Å². The third-order valence-corrected chi connectivity index (χ3v) is 4.34. The van der Waals surface area contributed by atoms with Gasteiger partial charge in [0.15, 0.2) is 0 Å². The maximum atomic E-state index is 11.2. The molecule has 0 radical (unpaired) electrons. The molecule has 1 aliphatic heterocycles. The van der Waals surface area contributed by atoms with Crippen LogP contribution in [0.1, 0.15) is 17.2 Å². The summed E-state index contributed by atoms with van der Waals surface area (Å²) in [7, 11) is -0.912. The van der Waals surface area contributed by atoms with Crippen molar-refractivity contribution in [2.75, 3.05) is 32.1 Å². The molecule has 2 rings (SSSR count). The third kappa shape index (κ3) is 3.31. The number of benzene rings is 1. The summed E-state index contributed by atoms with van der Waals surface area (Å²) < 4.78 is 22.4. The van der Waals surface area contributed by atoms with Crippen molar-refractivity contribution in [1.82, 2.24) is 10.2 Å². The van der Waals surface area contributed by atoms with Gasteiger partial charge in [0.2, 0.25) is 0 Å². The fourth-order valence-corrected chi connectivity index (χ4v) is 2.95. The van der Waals surface area contributed by atoms with Crippen molar-refractivity contribution < 1.29 is 8.42 Å². The summed E-state index contributed by atoms with van der Waals surface area (Å²) in [6, 6.07) is 8.61. The molecular formula is C13H20N2O2S. The van der Waals surface area contributed by atoms with E-state index in [2.05, 4.69) is 22.3 Å². The Kier molecular flexibility index (Phi) is 4.04. The lowest BCUT2D eigenvalue weighted by Crippen LogP contribution is -2.39. The topological polar surface area (TPSA) is 49.4 Å². The van der Waals surface area contributed by atoms with Crippen LogP contribution in [0.25, 0.3) is 0 Å². The molecule has 0 saturated heterocycles. The number of nitrogens with one attached hydrogen (secondary N) is 1. The van der Waals surface area contributed by atoms with Gasteiger partial charge in [-0.25, -0.2) is 8.42 Å². The molecule has 0 fully saturated rings. The van der Waals surface area contributed by atoms with Crippen LogP contribution in [0.15, 0.2) is 24.3 Å². The van der Waals surface area contributed by atoms with Crippen LogP contribution in [-0.4, -0.2) is 45.5 Å². The molecule has 5 heteroatoms. The Morgan fingerprint density at radius 3 is 2.83 bits per heavy atom. The zero-order valence-electron chi connectivity index (χ0n) is 10.9.